The summed E-state index contributed by atoms with van der Waals surface area (Å²) in [7, 11) is 1.38. The summed E-state index contributed by atoms with van der Waals surface area (Å²) in [5.41, 5.74) is 5.97. The first-order valence-corrected chi connectivity index (χ1v) is 11.7. The van der Waals surface area contributed by atoms with Crippen molar-refractivity contribution < 1.29 is 27.8 Å². The number of nitrogens with one attached hydrogen (secondary N) is 2. The van der Waals surface area contributed by atoms with E-state index < -0.39 is 17.6 Å². The average Bonchev–Trinajstić information content (AvgIpc) is 3.23. The van der Waals surface area contributed by atoms with E-state index in [1.54, 1.807) is 35.1 Å². The van der Waals surface area contributed by atoms with Gasteiger partial charge >= 0.3 is 0 Å². The number of likely N-dealkylation sites (tertiary alicyclic amines) is 1. The second-order valence-electron chi connectivity index (χ2n) is 8.69. The average molecular weight is 510 g/mol. The number of carbonyl (C=O) groups is 2. The predicted molar refractivity (Wildman–Crippen MR) is 132 cm³/mol. The molecule has 11 heteroatoms. The number of pyridine rings is 1. The summed E-state index contributed by atoms with van der Waals surface area (Å²) in [6.45, 7) is 4.09. The van der Waals surface area contributed by atoms with E-state index in [2.05, 4.69) is 22.3 Å². The minimum Gasteiger partial charge on any atom is -0.492 e. The van der Waals surface area contributed by atoms with Gasteiger partial charge in [0.05, 0.1) is 42.0 Å². The minimum absolute atomic E-state index is 0.0338. The van der Waals surface area contributed by atoms with E-state index in [9.17, 15) is 18.4 Å². The van der Waals surface area contributed by atoms with E-state index >= 15 is 0 Å². The molecule has 9 nitrogen and oxygen atoms in total. The van der Waals surface area contributed by atoms with Gasteiger partial charge in [0.15, 0.2) is 17.4 Å². The summed E-state index contributed by atoms with van der Waals surface area (Å²) in [6.07, 6.45) is 4.33. The Labute approximate surface area is 211 Å². The van der Waals surface area contributed by atoms with Crippen LogP contribution >= 0.6 is 0 Å². The number of rotatable bonds is 8. The molecule has 0 unspecified atom stereocenters. The van der Waals surface area contributed by atoms with Crippen LogP contribution in [0.4, 0.5) is 14.5 Å². The number of nitrogens with zero attached hydrogens (tertiary/aromatic N) is 3. The van der Waals surface area contributed by atoms with Crippen LogP contribution in [0, 0.1) is 5.82 Å². The number of methoxy groups -OCH3 is 1. The number of anilines is 1. The lowest BCUT2D eigenvalue weighted by Gasteiger charge is -2.40. The maximum absolute atomic E-state index is 14.4. The molecule has 0 bridgehead atoms. The Balaban J connectivity index is 1.51. The van der Waals surface area contributed by atoms with Crippen molar-refractivity contribution in [1.29, 1.82) is 0 Å². The molecule has 0 radical (unpaired) electrons. The molecule has 2 amide bonds. The molecule has 1 aromatic carbocycles. The zero-order chi connectivity index (χ0) is 26.1. The highest BCUT2D eigenvalue weighted by atomic mass is 19.1. The van der Waals surface area contributed by atoms with Gasteiger partial charge in [-0.25, -0.2) is 8.78 Å². The molecule has 37 heavy (non-hydrogen) atoms. The topological polar surface area (TPSA) is 97.7 Å². The normalized spacial score (nSPS) is 16.4. The number of hydrogen-bond donors (Lipinski definition) is 2. The highest BCUT2D eigenvalue weighted by Crippen LogP contribution is 2.36. The molecule has 2 aliphatic rings. The number of para-hydroxylation sites is 1. The Bertz CT molecular complexity index is 1390. The second kappa shape index (κ2) is 9.92. The van der Waals surface area contributed by atoms with Gasteiger partial charge in [-0.05, 0) is 30.7 Å². The van der Waals surface area contributed by atoms with Crippen molar-refractivity contribution in [3.05, 3.63) is 72.2 Å². The molecule has 1 atom stereocenters. The van der Waals surface area contributed by atoms with Gasteiger partial charge in [-0.15, -0.1) is 0 Å². The minimum atomic E-state index is -1.01. The van der Waals surface area contributed by atoms with Gasteiger partial charge in [-0.1, -0.05) is 12.6 Å². The van der Waals surface area contributed by atoms with E-state index in [4.69, 9.17) is 9.47 Å². The summed E-state index contributed by atoms with van der Waals surface area (Å²) in [5.74, 6) is -2.06. The van der Waals surface area contributed by atoms with Gasteiger partial charge in [-0.3, -0.25) is 24.7 Å². The van der Waals surface area contributed by atoms with Gasteiger partial charge in [-0.2, -0.15) is 0 Å². The maximum atomic E-state index is 14.4. The maximum Gasteiger partial charge on any atom is 0.282 e. The molecule has 0 aliphatic carbocycles. The quantitative estimate of drug-likeness (QED) is 0.452. The van der Waals surface area contributed by atoms with Gasteiger partial charge in [0, 0.05) is 31.3 Å². The molecule has 0 spiro atoms. The summed E-state index contributed by atoms with van der Waals surface area (Å²) < 4.78 is 40.8. The first-order chi connectivity index (χ1) is 17.9. The van der Waals surface area contributed by atoms with Crippen LogP contribution in [0.2, 0.25) is 0 Å². The molecule has 192 valence electrons. The monoisotopic (exact) mass is 509 g/mol. The van der Waals surface area contributed by atoms with Crippen LogP contribution in [0.25, 0.3) is 11.3 Å². The summed E-state index contributed by atoms with van der Waals surface area (Å²) in [5, 5.41) is 2.84. The van der Waals surface area contributed by atoms with Crippen LogP contribution in [0.5, 0.6) is 11.5 Å². The van der Waals surface area contributed by atoms with Gasteiger partial charge in [0.25, 0.3) is 11.8 Å². The number of aromatic nitrogens is 2. The number of benzene rings is 1. The molecule has 2 aromatic heterocycles. The third-order valence-electron chi connectivity index (χ3n) is 6.53. The van der Waals surface area contributed by atoms with Crippen LogP contribution in [0.3, 0.4) is 0 Å². The van der Waals surface area contributed by atoms with Crippen molar-refractivity contribution in [2.24, 2.45) is 0 Å². The fourth-order valence-electron chi connectivity index (χ4n) is 4.56. The van der Waals surface area contributed by atoms with Crippen LogP contribution < -0.4 is 20.2 Å². The first-order valence-electron chi connectivity index (χ1n) is 11.7. The van der Waals surface area contributed by atoms with E-state index in [1.807, 2.05) is 0 Å². The fraction of sp³-hybridized carbons (Fsp3) is 0.269. The highest BCUT2D eigenvalue weighted by molar-refractivity contribution is 5.98. The molecule has 1 saturated heterocycles. The molecule has 2 N–H and O–H groups in total. The molecule has 0 saturated carbocycles. The SMILES string of the molecule is C=C(F)C(=O)N1CC[C@@H]1COc1cnccc1-c1cc2c(n1Nc1cccc(F)c1OC)CCNC2=O. The molecule has 3 aromatic rings. The molecule has 4 heterocycles. The van der Waals surface area contributed by atoms with Crippen LogP contribution in [-0.4, -0.2) is 59.2 Å². The number of amides is 2. The molecule has 2 aliphatic heterocycles. The Hall–Kier alpha value is -4.41. The van der Waals surface area contributed by atoms with Crippen molar-refractivity contribution in [3.8, 4) is 22.8 Å². The Morgan fingerprint density at radius 2 is 2.16 bits per heavy atom. The van der Waals surface area contributed by atoms with E-state index in [0.29, 0.717) is 59.9 Å². The van der Waals surface area contributed by atoms with Crippen molar-refractivity contribution in [2.45, 2.75) is 18.9 Å². The number of fused-ring (bicyclic) bond motifs is 1. The van der Waals surface area contributed by atoms with E-state index in [0.717, 1.165) is 0 Å². The largest absolute Gasteiger partial charge is 0.492 e. The van der Waals surface area contributed by atoms with Crippen molar-refractivity contribution >= 4 is 17.5 Å². The third-order valence-corrected chi connectivity index (χ3v) is 6.53. The fourth-order valence-corrected chi connectivity index (χ4v) is 4.56. The standard InChI is InChI=1S/C26H25F2N5O4/c1-15(27)26(35)32-11-8-16(32)14-37-23-13-29-9-6-17(23)22-12-18-21(7-10-30-25(18)34)33(22)31-20-5-3-4-19(28)24(20)36-2/h3-6,9,12-13,16,31H,1,7-8,10-11,14H2,2H3,(H,30,34)/t16-/m1/s1. The summed E-state index contributed by atoms with van der Waals surface area (Å²) in [4.78, 5) is 30.2. The molecular formula is C26H25F2N5O4. The van der Waals surface area contributed by atoms with Gasteiger partial charge in [0.2, 0.25) is 0 Å². The zero-order valence-electron chi connectivity index (χ0n) is 20.1. The van der Waals surface area contributed by atoms with Gasteiger partial charge < -0.3 is 19.7 Å². The Kier molecular flexibility index (Phi) is 6.51. The van der Waals surface area contributed by atoms with Gasteiger partial charge in [0.1, 0.15) is 12.4 Å². The number of halogens is 2. The smallest absolute Gasteiger partial charge is 0.282 e. The molecule has 5 rings (SSSR count). The lowest BCUT2D eigenvalue weighted by Crippen LogP contribution is -2.54. The predicted octanol–water partition coefficient (Wildman–Crippen LogP) is 3.32. The third kappa shape index (κ3) is 4.48. The first kappa shape index (κ1) is 24.3. The summed E-state index contributed by atoms with van der Waals surface area (Å²) in [6, 6.07) is 7.70. The lowest BCUT2D eigenvalue weighted by atomic mass is 10.0. The summed E-state index contributed by atoms with van der Waals surface area (Å²) >= 11 is 0. The van der Waals surface area contributed by atoms with Crippen molar-refractivity contribution in [1.82, 2.24) is 19.9 Å². The van der Waals surface area contributed by atoms with E-state index in [1.165, 1.54) is 24.3 Å². The van der Waals surface area contributed by atoms with Crippen molar-refractivity contribution in [3.63, 3.8) is 0 Å². The van der Waals surface area contributed by atoms with Crippen LogP contribution in [0.15, 0.2) is 55.1 Å². The van der Waals surface area contributed by atoms with E-state index in [-0.39, 0.29) is 24.3 Å². The Morgan fingerprint density at radius 1 is 1.32 bits per heavy atom. The number of hydrogen-bond acceptors (Lipinski definition) is 6. The zero-order valence-corrected chi connectivity index (χ0v) is 20.1. The second-order valence-corrected chi connectivity index (χ2v) is 8.69. The Morgan fingerprint density at radius 3 is 2.89 bits per heavy atom. The highest BCUT2D eigenvalue weighted by Gasteiger charge is 2.34. The molecular weight excluding hydrogens is 484 g/mol. The number of ether oxygens (including phenoxy) is 2. The van der Waals surface area contributed by atoms with Crippen molar-refractivity contribution in [2.75, 3.05) is 32.2 Å². The lowest BCUT2D eigenvalue weighted by molar-refractivity contribution is -0.137. The van der Waals surface area contributed by atoms with Crippen LogP contribution in [0.1, 0.15) is 22.5 Å². The molecule has 1 fully saturated rings. The van der Waals surface area contributed by atoms with Crippen LogP contribution in [-0.2, 0) is 11.2 Å². The number of carbonyl (C=O) groups excluding carboxylic acids is 2.